The van der Waals surface area contributed by atoms with Crippen LogP contribution in [0, 0.1) is 5.82 Å². The summed E-state index contributed by atoms with van der Waals surface area (Å²) >= 11 is 0. The topological polar surface area (TPSA) is 154 Å². The van der Waals surface area contributed by atoms with Crippen LogP contribution >= 0.6 is 0 Å². The molecule has 3 N–H and O–H groups in total. The molecule has 0 atom stereocenters. The molecular formula is C28H33FN6O6S. The number of hydrogen-bond acceptors (Lipinski definition) is 9. The first kappa shape index (κ1) is 28.6. The number of amides is 1. The molecule has 0 aromatic carbocycles. The number of nitrogens with one attached hydrogen (secondary N) is 3. The Morgan fingerprint density at radius 1 is 1.14 bits per heavy atom. The van der Waals surface area contributed by atoms with Gasteiger partial charge in [0.15, 0.2) is 18.2 Å². The Morgan fingerprint density at radius 2 is 1.95 bits per heavy atom. The van der Waals surface area contributed by atoms with Crippen LogP contribution in [-0.2, 0) is 39.1 Å². The van der Waals surface area contributed by atoms with Gasteiger partial charge in [-0.2, -0.15) is 0 Å². The van der Waals surface area contributed by atoms with Gasteiger partial charge < -0.3 is 24.7 Å². The zero-order valence-corrected chi connectivity index (χ0v) is 24.1. The van der Waals surface area contributed by atoms with E-state index in [-0.39, 0.29) is 36.7 Å². The highest BCUT2D eigenvalue weighted by atomic mass is 32.2. The van der Waals surface area contributed by atoms with Gasteiger partial charge in [0.25, 0.3) is 11.5 Å². The summed E-state index contributed by atoms with van der Waals surface area (Å²) in [6, 6.07) is 6.61. The number of ether oxygens (including phenoxy) is 2. The summed E-state index contributed by atoms with van der Waals surface area (Å²) in [6.07, 6.45) is 6.52. The second-order valence-electron chi connectivity index (χ2n) is 11.4. The van der Waals surface area contributed by atoms with Crippen LogP contribution in [0.3, 0.4) is 0 Å². The molecule has 224 valence electrons. The average molecular weight is 601 g/mol. The predicted octanol–water partition coefficient (Wildman–Crippen LogP) is 1.61. The first-order valence-corrected chi connectivity index (χ1v) is 15.9. The maximum Gasteiger partial charge on any atom is 0.263 e. The highest BCUT2D eigenvalue weighted by molar-refractivity contribution is 7.88. The molecule has 0 spiro atoms. The van der Waals surface area contributed by atoms with Crippen LogP contribution in [0.25, 0.3) is 11.0 Å². The fraction of sp³-hybridized carbons (Fsp3) is 0.500. The number of hydrogen-bond donors (Lipinski definition) is 3. The zero-order chi connectivity index (χ0) is 29.5. The number of aromatic nitrogens is 3. The van der Waals surface area contributed by atoms with E-state index in [0.717, 1.165) is 37.6 Å². The lowest BCUT2D eigenvalue weighted by Crippen LogP contribution is -2.61. The van der Waals surface area contributed by atoms with Crippen LogP contribution in [0.15, 0.2) is 35.3 Å². The molecule has 1 aliphatic carbocycles. The molecule has 3 fully saturated rings. The number of rotatable bonds is 10. The van der Waals surface area contributed by atoms with Crippen molar-refractivity contribution >= 4 is 32.8 Å². The molecule has 2 saturated heterocycles. The van der Waals surface area contributed by atoms with E-state index in [1.54, 1.807) is 6.07 Å². The van der Waals surface area contributed by atoms with Crippen molar-refractivity contribution in [3.05, 3.63) is 57.9 Å². The van der Waals surface area contributed by atoms with Gasteiger partial charge in [-0.15, -0.1) is 0 Å². The summed E-state index contributed by atoms with van der Waals surface area (Å²) in [5.74, 6) is 0.255. The second kappa shape index (κ2) is 11.0. The van der Waals surface area contributed by atoms with Crippen molar-refractivity contribution in [3.8, 4) is 5.75 Å². The molecule has 3 aliphatic heterocycles. The molecule has 14 heteroatoms. The lowest BCUT2D eigenvalue weighted by Gasteiger charge is -2.53. The Morgan fingerprint density at radius 3 is 2.69 bits per heavy atom. The van der Waals surface area contributed by atoms with Crippen molar-refractivity contribution in [2.45, 2.75) is 62.8 Å². The van der Waals surface area contributed by atoms with Gasteiger partial charge in [-0.25, -0.2) is 22.5 Å². The van der Waals surface area contributed by atoms with Crippen LogP contribution in [0.1, 0.15) is 43.4 Å². The van der Waals surface area contributed by atoms with Gasteiger partial charge in [-0.3, -0.25) is 14.6 Å². The van der Waals surface area contributed by atoms with E-state index in [1.165, 1.54) is 16.8 Å². The Labute approximate surface area is 242 Å². The monoisotopic (exact) mass is 600 g/mol. The van der Waals surface area contributed by atoms with Crippen molar-refractivity contribution < 1.29 is 27.1 Å². The summed E-state index contributed by atoms with van der Waals surface area (Å²) in [5.41, 5.74) is 1.09. The van der Waals surface area contributed by atoms with E-state index in [1.807, 2.05) is 12.1 Å². The maximum absolute atomic E-state index is 15.2. The fourth-order valence-electron chi connectivity index (χ4n) is 6.16. The Balaban J connectivity index is 1.13. The fourth-order valence-corrected chi connectivity index (χ4v) is 6.62. The lowest BCUT2D eigenvalue weighted by molar-refractivity contribution is -0.165. The van der Waals surface area contributed by atoms with Gasteiger partial charge in [0.2, 0.25) is 10.0 Å². The smallest absolute Gasteiger partial charge is 0.263 e. The highest BCUT2D eigenvalue weighted by Crippen LogP contribution is 2.46. The minimum atomic E-state index is -3.44. The molecule has 2 bridgehead atoms. The number of carbonyl (C=O) groups excluding carboxylic acids is 1. The van der Waals surface area contributed by atoms with E-state index in [9.17, 15) is 18.0 Å². The van der Waals surface area contributed by atoms with Crippen molar-refractivity contribution in [1.29, 1.82) is 0 Å². The first-order valence-electron chi connectivity index (χ1n) is 14.0. The average Bonchev–Trinajstić information content (AvgIpc) is 2.97. The zero-order valence-electron chi connectivity index (χ0n) is 23.2. The van der Waals surface area contributed by atoms with E-state index < -0.39 is 21.4 Å². The van der Waals surface area contributed by atoms with Crippen molar-refractivity contribution in [2.24, 2.45) is 0 Å². The third-order valence-electron chi connectivity index (χ3n) is 8.53. The largest absolute Gasteiger partial charge is 0.480 e. The van der Waals surface area contributed by atoms with Gasteiger partial charge in [-0.05, 0) is 56.7 Å². The van der Waals surface area contributed by atoms with Crippen LogP contribution in [0.5, 0.6) is 5.75 Å². The van der Waals surface area contributed by atoms with E-state index in [0.29, 0.717) is 54.2 Å². The normalized spacial score (nSPS) is 23.4. The second-order valence-corrected chi connectivity index (χ2v) is 13.2. The lowest BCUT2D eigenvalue weighted by atomic mass is 9.69. The van der Waals surface area contributed by atoms with Gasteiger partial charge in [0.1, 0.15) is 5.82 Å². The van der Waals surface area contributed by atoms with Gasteiger partial charge in [0, 0.05) is 36.8 Å². The number of nitrogens with zero attached hydrogens (tertiary/aromatic N) is 3. The van der Waals surface area contributed by atoms with E-state index in [4.69, 9.17) is 9.47 Å². The molecule has 1 amide bonds. The molecule has 12 nitrogen and oxygen atoms in total. The molecule has 3 aromatic heterocycles. The summed E-state index contributed by atoms with van der Waals surface area (Å²) in [5, 5.41) is 6.36. The van der Waals surface area contributed by atoms with Crippen LogP contribution in [0.2, 0.25) is 0 Å². The van der Waals surface area contributed by atoms with Crippen LogP contribution in [-0.4, -0.2) is 66.0 Å². The quantitative estimate of drug-likeness (QED) is 0.315. The molecule has 6 heterocycles. The molecule has 42 heavy (non-hydrogen) atoms. The summed E-state index contributed by atoms with van der Waals surface area (Å²) < 4.78 is 53.9. The SMILES string of the molecule is CS(=O)(=O)NCCn1c(=O)ccc2ncc(F)c(CCC34CCC(NCc5ccc6c(n5)NC(=O)CO6)(CC3)CO4)c21. The summed E-state index contributed by atoms with van der Waals surface area (Å²) in [7, 11) is -3.44. The molecule has 0 unspecified atom stereocenters. The number of anilines is 1. The summed E-state index contributed by atoms with van der Waals surface area (Å²) in [6.45, 7) is 1.06. The van der Waals surface area contributed by atoms with E-state index >= 15 is 4.39 Å². The molecule has 7 rings (SSSR count). The minimum Gasteiger partial charge on any atom is -0.480 e. The molecule has 4 aliphatic rings. The third-order valence-corrected chi connectivity index (χ3v) is 9.26. The number of fused-ring (bicyclic) bond motifs is 5. The van der Waals surface area contributed by atoms with Crippen molar-refractivity contribution in [2.75, 3.05) is 31.3 Å². The van der Waals surface area contributed by atoms with Crippen molar-refractivity contribution in [1.82, 2.24) is 24.6 Å². The molecule has 3 aromatic rings. The maximum atomic E-state index is 15.2. The van der Waals surface area contributed by atoms with E-state index in [2.05, 4.69) is 25.3 Å². The van der Waals surface area contributed by atoms with Gasteiger partial charge in [0.05, 0.1) is 41.4 Å². The Kier molecular flexibility index (Phi) is 7.50. The number of halogens is 1. The van der Waals surface area contributed by atoms with Crippen molar-refractivity contribution in [3.63, 3.8) is 0 Å². The highest BCUT2D eigenvalue weighted by Gasteiger charge is 2.49. The molecule has 1 saturated carbocycles. The molecule has 0 radical (unpaired) electrons. The first-order chi connectivity index (χ1) is 20.0. The van der Waals surface area contributed by atoms with Crippen LogP contribution < -0.4 is 25.7 Å². The number of pyridine rings is 3. The van der Waals surface area contributed by atoms with Crippen LogP contribution in [0.4, 0.5) is 10.2 Å². The third kappa shape index (κ3) is 5.89. The molecular weight excluding hydrogens is 567 g/mol. The number of carbonyl (C=O) groups is 1. The van der Waals surface area contributed by atoms with Gasteiger partial charge >= 0.3 is 0 Å². The van der Waals surface area contributed by atoms with Gasteiger partial charge in [-0.1, -0.05) is 0 Å². The number of aryl methyl sites for hydroxylation is 1. The Bertz CT molecular complexity index is 1690. The minimum absolute atomic E-state index is 0.000666. The predicted molar refractivity (Wildman–Crippen MR) is 152 cm³/mol. The number of sulfonamides is 1. The summed E-state index contributed by atoms with van der Waals surface area (Å²) in [4.78, 5) is 33.1. The standard InChI is InChI=1S/C28H33FN6O6S/c1-42(38,39)32-12-13-35-24(37)5-3-21-25(35)19(20(29)15-30-21)6-7-28-10-8-27(9-11-28,17-41-28)31-14-18-2-4-22-26(33-18)34-23(36)16-40-22/h2-5,15,31-32H,6-14,16-17H2,1H3,(H,33,34,36). The Hall–Kier alpha value is -3.46.